The lowest BCUT2D eigenvalue weighted by molar-refractivity contribution is 0.529. The molecule has 4 nitrogen and oxygen atoms in total. The smallest absolute Gasteiger partial charge is 0.173 e. The van der Waals surface area contributed by atoms with E-state index in [-0.39, 0.29) is 6.04 Å². The number of furan rings is 1. The molecule has 1 unspecified atom stereocenters. The topological polar surface area (TPSA) is 57.0 Å². The molecule has 2 aromatic rings. The molecule has 0 bridgehead atoms. The van der Waals surface area contributed by atoms with Crippen LogP contribution in [0.4, 0.5) is 0 Å². The van der Waals surface area contributed by atoms with Crippen molar-refractivity contribution in [1.29, 1.82) is 0 Å². The van der Waals surface area contributed by atoms with E-state index in [2.05, 4.69) is 37.0 Å². The fourth-order valence-corrected chi connectivity index (χ4v) is 2.82. The van der Waals surface area contributed by atoms with Crippen LogP contribution >= 0.6 is 31.9 Å². The highest BCUT2D eigenvalue weighted by Crippen LogP contribution is 2.28. The first kappa shape index (κ1) is 12.9. The van der Waals surface area contributed by atoms with E-state index in [4.69, 9.17) is 10.2 Å². The van der Waals surface area contributed by atoms with E-state index < -0.39 is 0 Å². The third-order valence-corrected chi connectivity index (χ3v) is 4.40. The summed E-state index contributed by atoms with van der Waals surface area (Å²) in [5, 5.41) is 4.35. The maximum Gasteiger partial charge on any atom is 0.173 e. The molecule has 17 heavy (non-hydrogen) atoms. The van der Waals surface area contributed by atoms with Crippen molar-refractivity contribution in [3.05, 3.63) is 38.4 Å². The molecule has 0 aliphatic heterocycles. The van der Waals surface area contributed by atoms with Gasteiger partial charge in [-0.3, -0.25) is 4.68 Å². The summed E-state index contributed by atoms with van der Waals surface area (Å²) in [6.07, 6.45) is 2.33. The Bertz CT molecular complexity index is 533. The van der Waals surface area contributed by atoms with Crippen molar-refractivity contribution >= 4 is 31.9 Å². The molecule has 0 radical (unpaired) electrons. The zero-order valence-corrected chi connectivity index (χ0v) is 12.7. The molecule has 6 heteroatoms. The third-order valence-electron chi connectivity index (χ3n) is 2.72. The molecule has 0 aromatic carbocycles. The number of aromatic nitrogens is 2. The monoisotopic (exact) mass is 361 g/mol. The summed E-state index contributed by atoms with van der Waals surface area (Å²) in [5.41, 5.74) is 9.19. The summed E-state index contributed by atoms with van der Waals surface area (Å²) < 4.78 is 8.76. The molecular formula is C11H13Br2N3O. The molecule has 0 fully saturated rings. The SMILES string of the molecule is Cc1nn(C)c(CC(N)c2ccoc2Br)c1Br. The minimum atomic E-state index is -0.116. The number of hydrogen-bond donors (Lipinski definition) is 1. The number of nitrogens with two attached hydrogens (primary N) is 1. The molecule has 2 rings (SSSR count). The first-order valence-electron chi connectivity index (χ1n) is 5.17. The predicted octanol–water partition coefficient (Wildman–Crippen LogP) is 3.09. The molecule has 0 saturated carbocycles. The minimum Gasteiger partial charge on any atom is -0.457 e. The Labute approximate surface area is 116 Å². The quantitative estimate of drug-likeness (QED) is 0.912. The van der Waals surface area contributed by atoms with Crippen LogP contribution in [0, 0.1) is 6.92 Å². The van der Waals surface area contributed by atoms with Gasteiger partial charge in [-0.2, -0.15) is 5.10 Å². The number of rotatable bonds is 3. The molecule has 2 N–H and O–H groups in total. The van der Waals surface area contributed by atoms with Crippen molar-refractivity contribution in [2.24, 2.45) is 12.8 Å². The fourth-order valence-electron chi connectivity index (χ4n) is 1.79. The number of aryl methyl sites for hydroxylation is 2. The van der Waals surface area contributed by atoms with E-state index in [0.29, 0.717) is 11.1 Å². The summed E-state index contributed by atoms with van der Waals surface area (Å²) in [5.74, 6) is 0. The van der Waals surface area contributed by atoms with E-state index in [9.17, 15) is 0 Å². The van der Waals surface area contributed by atoms with Gasteiger partial charge >= 0.3 is 0 Å². The second-order valence-corrected chi connectivity index (χ2v) is 5.44. The first-order valence-corrected chi connectivity index (χ1v) is 6.75. The van der Waals surface area contributed by atoms with Crippen molar-refractivity contribution < 1.29 is 4.42 Å². The normalized spacial score (nSPS) is 13.0. The lowest BCUT2D eigenvalue weighted by atomic mass is 10.1. The zero-order valence-electron chi connectivity index (χ0n) is 9.58. The largest absolute Gasteiger partial charge is 0.457 e. The maximum absolute atomic E-state index is 6.17. The molecule has 0 amide bonds. The van der Waals surface area contributed by atoms with Gasteiger partial charge in [-0.05, 0) is 44.8 Å². The van der Waals surface area contributed by atoms with E-state index in [1.807, 2.05) is 24.7 Å². The Hall–Kier alpha value is -0.590. The van der Waals surface area contributed by atoms with Gasteiger partial charge in [-0.15, -0.1) is 0 Å². The summed E-state index contributed by atoms with van der Waals surface area (Å²) in [7, 11) is 1.92. The Balaban J connectivity index is 2.24. The fraction of sp³-hybridized carbons (Fsp3) is 0.364. The molecule has 1 atom stereocenters. The summed E-state index contributed by atoms with van der Waals surface area (Å²) >= 11 is 6.88. The second-order valence-electron chi connectivity index (χ2n) is 3.93. The van der Waals surface area contributed by atoms with Crippen LogP contribution in [0.25, 0.3) is 0 Å². The van der Waals surface area contributed by atoms with Crippen molar-refractivity contribution in [1.82, 2.24) is 9.78 Å². The van der Waals surface area contributed by atoms with E-state index >= 15 is 0 Å². The van der Waals surface area contributed by atoms with Crippen LogP contribution < -0.4 is 5.73 Å². The van der Waals surface area contributed by atoms with E-state index in [0.717, 1.165) is 21.4 Å². The van der Waals surface area contributed by atoms with Crippen molar-refractivity contribution in [2.75, 3.05) is 0 Å². The molecule has 2 heterocycles. The van der Waals surface area contributed by atoms with Crippen LogP contribution in [0.15, 0.2) is 25.9 Å². The van der Waals surface area contributed by atoms with E-state index in [1.54, 1.807) is 6.26 Å². The molecular weight excluding hydrogens is 350 g/mol. The highest BCUT2D eigenvalue weighted by Gasteiger charge is 2.18. The van der Waals surface area contributed by atoms with Crippen molar-refractivity contribution in [3.8, 4) is 0 Å². The van der Waals surface area contributed by atoms with Crippen LogP contribution in [-0.4, -0.2) is 9.78 Å². The highest BCUT2D eigenvalue weighted by atomic mass is 79.9. The van der Waals surface area contributed by atoms with Crippen LogP contribution in [0.2, 0.25) is 0 Å². The standard InChI is InChI=1S/C11H13Br2N3O/c1-6-10(12)9(16(2)15-6)5-8(14)7-3-4-17-11(7)13/h3-4,8H,5,14H2,1-2H3. The summed E-state index contributed by atoms with van der Waals surface area (Å²) in [4.78, 5) is 0. The molecule has 92 valence electrons. The van der Waals surface area contributed by atoms with Crippen LogP contribution in [0.3, 0.4) is 0 Å². The van der Waals surface area contributed by atoms with Gasteiger partial charge in [0.25, 0.3) is 0 Å². The Kier molecular flexibility index (Phi) is 3.75. The Morgan fingerprint density at radius 2 is 2.24 bits per heavy atom. The van der Waals surface area contributed by atoms with Crippen molar-refractivity contribution in [3.63, 3.8) is 0 Å². The van der Waals surface area contributed by atoms with E-state index in [1.165, 1.54) is 0 Å². The average molecular weight is 363 g/mol. The third kappa shape index (κ3) is 2.48. The highest BCUT2D eigenvalue weighted by molar-refractivity contribution is 9.10. The number of halogens is 2. The van der Waals surface area contributed by atoms with Gasteiger partial charge in [-0.1, -0.05) is 0 Å². The summed E-state index contributed by atoms with van der Waals surface area (Å²) in [6, 6.07) is 1.76. The molecule has 0 saturated heterocycles. The number of nitrogens with zero attached hydrogens (tertiary/aromatic N) is 2. The molecule has 0 aliphatic carbocycles. The van der Waals surface area contributed by atoms with Gasteiger partial charge in [0.1, 0.15) is 0 Å². The maximum atomic E-state index is 6.17. The van der Waals surface area contributed by atoms with Crippen LogP contribution in [0.1, 0.15) is 23.0 Å². The minimum absolute atomic E-state index is 0.116. The first-order chi connectivity index (χ1) is 8.00. The van der Waals surface area contributed by atoms with Gasteiger partial charge in [0, 0.05) is 25.1 Å². The van der Waals surface area contributed by atoms with Gasteiger partial charge in [0.2, 0.25) is 0 Å². The molecule has 2 aromatic heterocycles. The summed E-state index contributed by atoms with van der Waals surface area (Å²) in [6.45, 7) is 1.97. The number of hydrogen-bond acceptors (Lipinski definition) is 3. The Morgan fingerprint density at radius 3 is 2.71 bits per heavy atom. The van der Waals surface area contributed by atoms with Crippen LogP contribution in [-0.2, 0) is 13.5 Å². The molecule has 0 aliphatic rings. The van der Waals surface area contributed by atoms with Crippen molar-refractivity contribution in [2.45, 2.75) is 19.4 Å². The molecule has 0 spiro atoms. The van der Waals surface area contributed by atoms with Gasteiger partial charge < -0.3 is 10.2 Å². The predicted molar refractivity (Wildman–Crippen MR) is 72.7 cm³/mol. The lowest BCUT2D eigenvalue weighted by Gasteiger charge is -2.10. The second kappa shape index (κ2) is 4.96. The van der Waals surface area contributed by atoms with Crippen LogP contribution in [0.5, 0.6) is 0 Å². The van der Waals surface area contributed by atoms with Gasteiger partial charge in [0.05, 0.1) is 22.1 Å². The van der Waals surface area contributed by atoms with Gasteiger partial charge in [0.15, 0.2) is 4.67 Å². The average Bonchev–Trinajstić information content (AvgIpc) is 2.78. The lowest BCUT2D eigenvalue weighted by Crippen LogP contribution is -2.15. The zero-order chi connectivity index (χ0) is 12.6. The Morgan fingerprint density at radius 1 is 1.53 bits per heavy atom. The van der Waals surface area contributed by atoms with Gasteiger partial charge in [-0.25, -0.2) is 0 Å².